The fourth-order valence-electron chi connectivity index (χ4n) is 1.72. The Morgan fingerprint density at radius 3 is 2.83 bits per heavy atom. The first-order valence-corrected chi connectivity index (χ1v) is 6.51. The van der Waals surface area contributed by atoms with Crippen molar-refractivity contribution in [3.63, 3.8) is 0 Å². The number of furan rings is 1. The van der Waals surface area contributed by atoms with Crippen molar-refractivity contribution in [3.8, 4) is 0 Å². The van der Waals surface area contributed by atoms with E-state index in [1.54, 1.807) is 0 Å². The maximum atomic E-state index is 11.8. The van der Waals surface area contributed by atoms with E-state index in [1.165, 1.54) is 29.1 Å². The van der Waals surface area contributed by atoms with Crippen LogP contribution in [0.15, 0.2) is 28.8 Å². The van der Waals surface area contributed by atoms with E-state index in [4.69, 9.17) is 10.2 Å². The van der Waals surface area contributed by atoms with Crippen LogP contribution in [0.25, 0.3) is 6.08 Å². The molecule has 0 bridgehead atoms. The van der Waals surface area contributed by atoms with Crippen molar-refractivity contribution in [1.82, 2.24) is 9.78 Å². The highest BCUT2D eigenvalue weighted by Crippen LogP contribution is 2.17. The summed E-state index contributed by atoms with van der Waals surface area (Å²) < 4.78 is 6.33. The number of rotatable bonds is 6. The molecule has 2 amide bonds. The Hall–Kier alpha value is -3.43. The summed E-state index contributed by atoms with van der Waals surface area (Å²) >= 11 is 0. The summed E-state index contributed by atoms with van der Waals surface area (Å²) in [6.45, 7) is 2.31. The van der Waals surface area contributed by atoms with Gasteiger partial charge in [-0.25, -0.2) is 0 Å². The summed E-state index contributed by atoms with van der Waals surface area (Å²) in [6, 6.07) is 2.53. The van der Waals surface area contributed by atoms with E-state index in [0.29, 0.717) is 6.54 Å². The van der Waals surface area contributed by atoms with Gasteiger partial charge in [0.2, 0.25) is 5.91 Å². The molecule has 0 saturated heterocycles. The molecule has 0 spiro atoms. The molecule has 0 unspecified atom stereocenters. The number of amides is 2. The third-order valence-electron chi connectivity index (χ3n) is 2.77. The number of carbonyl (C=O) groups is 2. The van der Waals surface area contributed by atoms with Gasteiger partial charge in [0.1, 0.15) is 10.7 Å². The highest BCUT2D eigenvalue weighted by Gasteiger charge is 2.15. The molecule has 2 aromatic heterocycles. The number of anilines is 1. The summed E-state index contributed by atoms with van der Waals surface area (Å²) in [6.07, 6.45) is 3.84. The standard InChI is InChI=1S/C13H13N5O5/c1-2-17-7-9(12(16-17)13(14)20)15-10(19)5-3-8-4-6-11(23-8)18(21)22/h3-7H,2H2,1H3,(H2,14,20)(H,15,19)/b5-3+. The highest BCUT2D eigenvalue weighted by atomic mass is 16.6. The van der Waals surface area contributed by atoms with Crippen LogP contribution < -0.4 is 11.1 Å². The van der Waals surface area contributed by atoms with Gasteiger partial charge in [0.05, 0.1) is 11.8 Å². The van der Waals surface area contributed by atoms with Gasteiger partial charge < -0.3 is 15.5 Å². The van der Waals surface area contributed by atoms with Crippen molar-refractivity contribution >= 4 is 29.5 Å². The Morgan fingerprint density at radius 2 is 2.26 bits per heavy atom. The average Bonchev–Trinajstić information content (AvgIpc) is 3.11. The second-order valence-corrected chi connectivity index (χ2v) is 4.37. The van der Waals surface area contributed by atoms with Gasteiger partial charge in [-0.15, -0.1) is 0 Å². The fraction of sp³-hybridized carbons (Fsp3) is 0.154. The Labute approximate surface area is 129 Å². The quantitative estimate of drug-likeness (QED) is 0.464. The van der Waals surface area contributed by atoms with E-state index in [1.807, 2.05) is 6.92 Å². The first kappa shape index (κ1) is 15.9. The number of aromatic nitrogens is 2. The first-order valence-electron chi connectivity index (χ1n) is 6.51. The molecule has 2 heterocycles. The van der Waals surface area contributed by atoms with Crippen molar-refractivity contribution < 1.29 is 18.9 Å². The number of nitrogens with two attached hydrogens (primary N) is 1. The van der Waals surface area contributed by atoms with E-state index in [0.717, 1.165) is 6.08 Å². The van der Waals surface area contributed by atoms with E-state index >= 15 is 0 Å². The predicted octanol–water partition coefficient (Wildman–Crippen LogP) is 1.15. The summed E-state index contributed by atoms with van der Waals surface area (Å²) in [5, 5.41) is 16.9. The number of hydrogen-bond acceptors (Lipinski definition) is 6. The van der Waals surface area contributed by atoms with Crippen molar-refractivity contribution in [2.24, 2.45) is 5.73 Å². The zero-order valence-corrected chi connectivity index (χ0v) is 12.1. The summed E-state index contributed by atoms with van der Waals surface area (Å²) in [5.41, 5.74) is 5.32. The maximum Gasteiger partial charge on any atom is 0.433 e. The Morgan fingerprint density at radius 1 is 1.52 bits per heavy atom. The molecular formula is C13H13N5O5. The largest absolute Gasteiger partial charge is 0.433 e. The molecule has 10 nitrogen and oxygen atoms in total. The van der Waals surface area contributed by atoms with Gasteiger partial charge in [0.15, 0.2) is 5.69 Å². The molecule has 0 aliphatic rings. The van der Waals surface area contributed by atoms with Gasteiger partial charge in [0.25, 0.3) is 5.91 Å². The summed E-state index contributed by atoms with van der Waals surface area (Å²) in [4.78, 5) is 32.9. The molecule has 0 atom stereocenters. The lowest BCUT2D eigenvalue weighted by Crippen LogP contribution is -2.16. The van der Waals surface area contributed by atoms with Gasteiger partial charge in [-0.1, -0.05) is 0 Å². The zero-order chi connectivity index (χ0) is 17.0. The Kier molecular flexibility index (Phi) is 4.55. The van der Waals surface area contributed by atoms with Crippen LogP contribution >= 0.6 is 0 Å². The average molecular weight is 319 g/mol. The topological polar surface area (TPSA) is 146 Å². The monoisotopic (exact) mass is 319 g/mol. The molecule has 23 heavy (non-hydrogen) atoms. The lowest BCUT2D eigenvalue weighted by molar-refractivity contribution is -0.402. The number of carbonyl (C=O) groups excluding carboxylic acids is 2. The number of primary amides is 1. The van der Waals surface area contributed by atoms with Crippen LogP contribution in [-0.2, 0) is 11.3 Å². The van der Waals surface area contributed by atoms with Crippen LogP contribution in [0.1, 0.15) is 23.2 Å². The molecule has 0 aliphatic carbocycles. The van der Waals surface area contributed by atoms with Gasteiger partial charge in [-0.05, 0) is 19.1 Å². The maximum absolute atomic E-state index is 11.8. The predicted molar refractivity (Wildman–Crippen MR) is 79.4 cm³/mol. The van der Waals surface area contributed by atoms with Crippen LogP contribution in [-0.4, -0.2) is 26.5 Å². The fourth-order valence-corrected chi connectivity index (χ4v) is 1.72. The van der Waals surface area contributed by atoms with Crippen molar-refractivity contribution in [2.75, 3.05) is 5.32 Å². The SMILES string of the molecule is CCn1cc(NC(=O)/C=C/c2ccc([N+](=O)[O-])o2)c(C(N)=O)n1. The lowest BCUT2D eigenvalue weighted by Gasteiger charge is -1.99. The number of nitro groups is 1. The second kappa shape index (κ2) is 6.56. The molecule has 2 rings (SSSR count). The van der Waals surface area contributed by atoms with Crippen molar-refractivity contribution in [3.05, 3.63) is 46.0 Å². The van der Waals surface area contributed by atoms with Crippen LogP contribution in [0.3, 0.4) is 0 Å². The second-order valence-electron chi connectivity index (χ2n) is 4.37. The third kappa shape index (κ3) is 3.81. The van der Waals surface area contributed by atoms with Crippen LogP contribution in [0.2, 0.25) is 0 Å². The molecule has 120 valence electrons. The molecule has 0 fully saturated rings. The molecule has 3 N–H and O–H groups in total. The molecule has 10 heteroatoms. The zero-order valence-electron chi connectivity index (χ0n) is 12.1. The highest BCUT2D eigenvalue weighted by molar-refractivity contribution is 6.06. The van der Waals surface area contributed by atoms with Gasteiger partial charge in [-0.2, -0.15) is 5.10 Å². The molecule has 2 aromatic rings. The molecular weight excluding hydrogens is 306 g/mol. The number of hydrogen-bond donors (Lipinski definition) is 2. The molecule has 0 saturated carbocycles. The minimum absolute atomic E-state index is 0.0535. The van der Waals surface area contributed by atoms with Crippen molar-refractivity contribution in [1.29, 1.82) is 0 Å². The van der Waals surface area contributed by atoms with E-state index in [-0.39, 0.29) is 17.1 Å². The molecule has 0 aliphatic heterocycles. The van der Waals surface area contributed by atoms with Gasteiger partial charge in [-0.3, -0.25) is 24.4 Å². The third-order valence-corrected chi connectivity index (χ3v) is 2.77. The minimum atomic E-state index is -0.766. The first-order chi connectivity index (χ1) is 10.9. The van der Waals surface area contributed by atoms with E-state index in [2.05, 4.69) is 10.4 Å². The summed E-state index contributed by atoms with van der Waals surface area (Å²) in [7, 11) is 0. The van der Waals surface area contributed by atoms with E-state index < -0.39 is 22.6 Å². The van der Waals surface area contributed by atoms with E-state index in [9.17, 15) is 19.7 Å². The molecule has 0 radical (unpaired) electrons. The van der Waals surface area contributed by atoms with Gasteiger partial charge >= 0.3 is 5.88 Å². The van der Waals surface area contributed by atoms with Crippen molar-refractivity contribution in [2.45, 2.75) is 13.5 Å². The van der Waals surface area contributed by atoms with Gasteiger partial charge in [0, 0.05) is 18.8 Å². The lowest BCUT2D eigenvalue weighted by atomic mass is 10.3. The Bertz CT molecular complexity index is 789. The van der Waals surface area contributed by atoms with Crippen LogP contribution in [0.4, 0.5) is 11.6 Å². The van der Waals surface area contributed by atoms with Crippen LogP contribution in [0.5, 0.6) is 0 Å². The van der Waals surface area contributed by atoms with Crippen LogP contribution in [0, 0.1) is 10.1 Å². The number of nitrogens with zero attached hydrogens (tertiary/aromatic N) is 3. The number of aryl methyl sites for hydroxylation is 1. The summed E-state index contributed by atoms with van der Waals surface area (Å²) in [5.74, 6) is -1.61. The Balaban J connectivity index is 2.09. The minimum Gasteiger partial charge on any atom is -0.401 e. The molecule has 0 aromatic carbocycles. The smallest absolute Gasteiger partial charge is 0.401 e. The normalized spacial score (nSPS) is 10.8. The number of nitrogens with one attached hydrogen (secondary N) is 1.